The van der Waals surface area contributed by atoms with Crippen molar-refractivity contribution in [3.05, 3.63) is 133 Å². The fraction of sp³-hybridized carbons (Fsp3) is 0.121. The molecule has 44 heavy (non-hydrogen) atoms. The van der Waals surface area contributed by atoms with E-state index >= 15 is 0 Å². The predicted molar refractivity (Wildman–Crippen MR) is 173 cm³/mol. The summed E-state index contributed by atoms with van der Waals surface area (Å²) >= 11 is 7.00. The van der Waals surface area contributed by atoms with Gasteiger partial charge in [0.2, 0.25) is 0 Å². The molecule has 5 aromatic rings. The summed E-state index contributed by atoms with van der Waals surface area (Å²) in [5, 5.41) is 4.69. The van der Waals surface area contributed by atoms with Gasteiger partial charge in [0.25, 0.3) is 5.56 Å². The first-order chi connectivity index (χ1) is 21.1. The van der Waals surface area contributed by atoms with Gasteiger partial charge in [0.1, 0.15) is 6.61 Å². The molecule has 5 rings (SSSR count). The molecule has 0 aliphatic rings. The van der Waals surface area contributed by atoms with Crippen molar-refractivity contribution in [1.29, 1.82) is 0 Å². The largest absolute Gasteiger partial charge is 0.493 e. The van der Waals surface area contributed by atoms with E-state index in [-0.39, 0.29) is 23.4 Å². The van der Waals surface area contributed by atoms with Gasteiger partial charge < -0.3 is 9.47 Å². The molecule has 0 saturated heterocycles. The number of ether oxygens (including phenoxy) is 2. The molecule has 0 fully saturated rings. The van der Waals surface area contributed by atoms with Gasteiger partial charge in [-0.3, -0.25) is 4.79 Å². The summed E-state index contributed by atoms with van der Waals surface area (Å²) in [5.74, 6) is 0.920. The summed E-state index contributed by atoms with van der Waals surface area (Å²) < 4.78 is 55.2. The Morgan fingerprint density at radius 3 is 2.52 bits per heavy atom. The van der Waals surface area contributed by atoms with Gasteiger partial charge in [-0.15, -0.1) is 6.58 Å². The van der Waals surface area contributed by atoms with Gasteiger partial charge in [-0.25, -0.2) is 4.98 Å². The summed E-state index contributed by atoms with van der Waals surface area (Å²) in [7, 11) is 1.51. The molecule has 6 nitrogen and oxygen atoms in total. The second kappa shape index (κ2) is 13.2. The molecule has 0 amide bonds. The van der Waals surface area contributed by atoms with Crippen LogP contribution in [0.2, 0.25) is 0 Å². The Bertz CT molecular complexity index is 1960. The van der Waals surface area contributed by atoms with Gasteiger partial charge in [-0.05, 0) is 60.5 Å². The molecular formula is C33H24Br2F3N3O3. The average molecular weight is 727 g/mol. The average Bonchev–Trinajstić information content (AvgIpc) is 3.00. The summed E-state index contributed by atoms with van der Waals surface area (Å²) in [5.41, 5.74) is 1.28. The van der Waals surface area contributed by atoms with Crippen LogP contribution < -0.4 is 15.0 Å². The van der Waals surface area contributed by atoms with Crippen molar-refractivity contribution in [1.82, 2.24) is 9.66 Å². The van der Waals surface area contributed by atoms with Crippen LogP contribution in [-0.2, 0) is 19.2 Å². The lowest BCUT2D eigenvalue weighted by Crippen LogP contribution is -2.20. The van der Waals surface area contributed by atoms with Crippen LogP contribution >= 0.6 is 31.9 Å². The third kappa shape index (κ3) is 6.79. The van der Waals surface area contributed by atoms with E-state index in [1.165, 1.54) is 25.5 Å². The van der Waals surface area contributed by atoms with E-state index in [0.717, 1.165) is 36.9 Å². The molecule has 1 heterocycles. The molecule has 4 aromatic carbocycles. The molecule has 1 aromatic heterocycles. The third-order valence-electron chi connectivity index (χ3n) is 6.65. The molecular weight excluding hydrogens is 703 g/mol. The number of halogens is 5. The summed E-state index contributed by atoms with van der Waals surface area (Å²) in [6.07, 6.45) is -0.973. The molecule has 0 unspecified atom stereocenters. The maximum Gasteiger partial charge on any atom is 0.416 e. The minimum absolute atomic E-state index is 0.0330. The second-order valence-electron chi connectivity index (χ2n) is 9.62. The van der Waals surface area contributed by atoms with Crippen molar-refractivity contribution < 1.29 is 22.6 Å². The molecule has 0 spiro atoms. The first-order valence-corrected chi connectivity index (χ1v) is 14.8. The van der Waals surface area contributed by atoms with E-state index in [9.17, 15) is 18.0 Å². The quantitative estimate of drug-likeness (QED) is 0.113. The van der Waals surface area contributed by atoms with Crippen molar-refractivity contribution in [2.75, 3.05) is 7.11 Å². The monoisotopic (exact) mass is 725 g/mol. The smallest absolute Gasteiger partial charge is 0.416 e. The lowest BCUT2D eigenvalue weighted by Gasteiger charge is -2.16. The third-order valence-corrected chi connectivity index (χ3v) is 7.88. The highest BCUT2D eigenvalue weighted by molar-refractivity contribution is 9.11. The number of hydrogen-bond donors (Lipinski definition) is 0. The molecule has 0 bridgehead atoms. The number of methoxy groups -OCH3 is 1. The standard InChI is InChI=1S/C33H24Br2F3N3O3/c1-3-7-21-14-20(15-29(43-2)30(21)44-19-23-12-13-25(34)17-27(23)35)18-39-41-31(22-8-6-9-24(16-22)33(36,37)38)40-28-11-5-4-10-26(28)32(41)42/h3-6,8-18H,1,7,19H2,2H3. The highest BCUT2D eigenvalue weighted by Crippen LogP contribution is 2.35. The van der Waals surface area contributed by atoms with Crippen LogP contribution in [0.4, 0.5) is 13.2 Å². The zero-order chi connectivity index (χ0) is 31.4. The van der Waals surface area contributed by atoms with Crippen LogP contribution in [-0.4, -0.2) is 23.0 Å². The van der Waals surface area contributed by atoms with Gasteiger partial charge in [-0.2, -0.15) is 22.9 Å². The second-order valence-corrected chi connectivity index (χ2v) is 11.4. The van der Waals surface area contributed by atoms with Crippen molar-refractivity contribution in [3.8, 4) is 22.9 Å². The number of nitrogens with zero attached hydrogens (tertiary/aromatic N) is 3. The van der Waals surface area contributed by atoms with E-state index in [2.05, 4.69) is 48.5 Å². The maximum atomic E-state index is 13.6. The molecule has 0 aliphatic carbocycles. The molecule has 0 saturated carbocycles. The first-order valence-electron chi connectivity index (χ1n) is 13.2. The number of allylic oxidation sites excluding steroid dienone is 1. The van der Waals surface area contributed by atoms with Crippen molar-refractivity contribution in [3.63, 3.8) is 0 Å². The van der Waals surface area contributed by atoms with E-state index in [4.69, 9.17) is 9.47 Å². The van der Waals surface area contributed by atoms with Gasteiger partial charge in [0, 0.05) is 25.6 Å². The van der Waals surface area contributed by atoms with Gasteiger partial charge >= 0.3 is 6.18 Å². The van der Waals surface area contributed by atoms with E-state index in [1.54, 1.807) is 36.4 Å². The van der Waals surface area contributed by atoms with Crippen LogP contribution in [0.5, 0.6) is 11.5 Å². The van der Waals surface area contributed by atoms with Gasteiger partial charge in [0.05, 0.1) is 29.8 Å². The normalized spacial score (nSPS) is 11.7. The van der Waals surface area contributed by atoms with Crippen LogP contribution in [0.25, 0.3) is 22.3 Å². The predicted octanol–water partition coefficient (Wildman–Crippen LogP) is 8.81. The highest BCUT2D eigenvalue weighted by atomic mass is 79.9. The zero-order valence-electron chi connectivity index (χ0n) is 23.2. The Hall–Kier alpha value is -4.22. The Morgan fingerprint density at radius 1 is 1.00 bits per heavy atom. The minimum Gasteiger partial charge on any atom is -0.493 e. The summed E-state index contributed by atoms with van der Waals surface area (Å²) in [4.78, 5) is 18.1. The Kier molecular flexibility index (Phi) is 9.36. The lowest BCUT2D eigenvalue weighted by atomic mass is 10.1. The fourth-order valence-electron chi connectivity index (χ4n) is 4.55. The Balaban J connectivity index is 1.58. The zero-order valence-corrected chi connectivity index (χ0v) is 26.4. The Morgan fingerprint density at radius 2 is 1.80 bits per heavy atom. The van der Waals surface area contributed by atoms with E-state index in [0.29, 0.717) is 29.0 Å². The van der Waals surface area contributed by atoms with Crippen molar-refractivity contribution in [2.45, 2.75) is 19.2 Å². The van der Waals surface area contributed by atoms with Crippen LogP contribution in [0.15, 0.2) is 110 Å². The fourth-order valence-corrected chi connectivity index (χ4v) is 5.71. The molecule has 0 radical (unpaired) electrons. The number of aromatic nitrogens is 2. The highest BCUT2D eigenvalue weighted by Gasteiger charge is 2.31. The number of benzene rings is 4. The molecule has 11 heteroatoms. The van der Waals surface area contributed by atoms with E-state index in [1.807, 2.05) is 24.3 Å². The first kappa shape index (κ1) is 31.2. The van der Waals surface area contributed by atoms with Crippen molar-refractivity contribution in [2.24, 2.45) is 5.10 Å². The maximum absolute atomic E-state index is 13.6. The molecule has 224 valence electrons. The van der Waals surface area contributed by atoms with Crippen molar-refractivity contribution >= 4 is 49.0 Å². The summed E-state index contributed by atoms with van der Waals surface area (Å²) in [6, 6.07) is 20.5. The van der Waals surface area contributed by atoms with Gasteiger partial charge in [-0.1, -0.05) is 68.3 Å². The number of rotatable bonds is 9. The number of para-hydroxylation sites is 1. The number of hydrogen-bond acceptors (Lipinski definition) is 5. The number of alkyl halides is 3. The molecule has 0 aliphatic heterocycles. The van der Waals surface area contributed by atoms with E-state index < -0.39 is 17.3 Å². The lowest BCUT2D eigenvalue weighted by molar-refractivity contribution is -0.137. The SMILES string of the molecule is C=CCc1cc(C=Nn2c(-c3cccc(C(F)(F)F)c3)nc3ccccc3c2=O)cc(OC)c1OCc1ccc(Br)cc1Br. The molecule has 0 N–H and O–H groups in total. The topological polar surface area (TPSA) is 65.7 Å². The van der Waals surface area contributed by atoms with Crippen LogP contribution in [0.3, 0.4) is 0 Å². The molecule has 0 atom stereocenters. The minimum atomic E-state index is -4.57. The van der Waals surface area contributed by atoms with Crippen LogP contribution in [0.1, 0.15) is 22.3 Å². The summed E-state index contributed by atoms with van der Waals surface area (Å²) in [6.45, 7) is 4.12. The number of fused-ring (bicyclic) bond motifs is 1. The van der Waals surface area contributed by atoms with Crippen LogP contribution in [0, 0.1) is 0 Å². The van der Waals surface area contributed by atoms with Gasteiger partial charge in [0.15, 0.2) is 17.3 Å². The Labute approximate surface area is 267 Å².